The Morgan fingerprint density at radius 2 is 1.82 bits per heavy atom. The number of amides is 1. The highest BCUT2D eigenvalue weighted by molar-refractivity contribution is 7.89. The Morgan fingerprint density at radius 3 is 2.50 bits per heavy atom. The van der Waals surface area contributed by atoms with E-state index in [1.165, 1.54) is 20.2 Å². The van der Waals surface area contributed by atoms with Crippen LogP contribution in [0.15, 0.2) is 41.3 Å². The van der Waals surface area contributed by atoms with Crippen molar-refractivity contribution in [1.29, 1.82) is 0 Å². The van der Waals surface area contributed by atoms with Crippen LogP contribution in [0.5, 0.6) is 0 Å². The van der Waals surface area contributed by atoms with Crippen molar-refractivity contribution in [2.75, 3.05) is 19.4 Å². The highest BCUT2D eigenvalue weighted by atomic mass is 32.2. The van der Waals surface area contributed by atoms with Crippen LogP contribution in [-0.2, 0) is 21.4 Å². The van der Waals surface area contributed by atoms with Crippen LogP contribution in [0.2, 0.25) is 0 Å². The molecule has 1 aromatic heterocycles. The van der Waals surface area contributed by atoms with E-state index >= 15 is 0 Å². The summed E-state index contributed by atoms with van der Waals surface area (Å²) in [7, 11) is -0.629. The van der Waals surface area contributed by atoms with E-state index in [-0.39, 0.29) is 17.3 Å². The van der Waals surface area contributed by atoms with Gasteiger partial charge in [-0.15, -0.1) is 0 Å². The molecular formula is C20H24N4O3S. The summed E-state index contributed by atoms with van der Waals surface area (Å²) in [6.45, 7) is 5.63. The maximum absolute atomic E-state index is 12.7. The molecule has 0 unspecified atom stereocenters. The number of carbonyl (C=O) groups excluding carboxylic acids is 1. The average molecular weight is 401 g/mol. The van der Waals surface area contributed by atoms with Crippen LogP contribution >= 0.6 is 0 Å². The van der Waals surface area contributed by atoms with Gasteiger partial charge in [-0.3, -0.25) is 4.79 Å². The van der Waals surface area contributed by atoms with Crippen molar-refractivity contribution in [1.82, 2.24) is 13.9 Å². The number of anilines is 1. The second-order valence-electron chi connectivity index (χ2n) is 6.98. The molecule has 3 aromatic rings. The molecule has 0 aliphatic rings. The molecule has 0 saturated carbocycles. The van der Waals surface area contributed by atoms with Gasteiger partial charge in [-0.1, -0.05) is 12.1 Å². The Balaban J connectivity index is 1.92. The zero-order chi connectivity index (χ0) is 20.6. The number of hydrogen-bond acceptors (Lipinski definition) is 4. The number of hydrogen-bond donors (Lipinski definition) is 1. The molecule has 0 bridgehead atoms. The Kier molecular flexibility index (Phi) is 5.27. The second kappa shape index (κ2) is 7.37. The van der Waals surface area contributed by atoms with E-state index in [0.29, 0.717) is 5.69 Å². The van der Waals surface area contributed by atoms with E-state index < -0.39 is 10.0 Å². The SMILES string of the molecule is Cc1cc(S(=O)(=O)N(C)C)cc(NC(=O)Cn2c(C)nc3ccccc32)c1C. The van der Waals surface area contributed by atoms with Gasteiger partial charge in [-0.25, -0.2) is 17.7 Å². The van der Waals surface area contributed by atoms with Crippen LogP contribution < -0.4 is 5.32 Å². The Morgan fingerprint density at radius 1 is 1.14 bits per heavy atom. The molecular weight excluding hydrogens is 376 g/mol. The highest BCUT2D eigenvalue weighted by Gasteiger charge is 2.20. The number of imidazole rings is 1. The molecule has 0 fully saturated rings. The van der Waals surface area contributed by atoms with Crippen LogP contribution in [-0.4, -0.2) is 42.3 Å². The number of aromatic nitrogens is 2. The lowest BCUT2D eigenvalue weighted by Gasteiger charge is -2.17. The fourth-order valence-electron chi connectivity index (χ4n) is 3.04. The maximum atomic E-state index is 12.7. The first-order chi connectivity index (χ1) is 13.1. The first kappa shape index (κ1) is 20.0. The number of sulfonamides is 1. The Hall–Kier alpha value is -2.71. The molecule has 0 spiro atoms. The summed E-state index contributed by atoms with van der Waals surface area (Å²) in [5.74, 6) is 0.501. The number of nitrogens with zero attached hydrogens (tertiary/aromatic N) is 3. The van der Waals surface area contributed by atoms with Gasteiger partial charge in [0.2, 0.25) is 15.9 Å². The minimum absolute atomic E-state index is 0.0928. The third-order valence-electron chi connectivity index (χ3n) is 4.84. The van der Waals surface area contributed by atoms with Gasteiger partial charge in [0, 0.05) is 19.8 Å². The number of carbonyl (C=O) groups is 1. The molecule has 28 heavy (non-hydrogen) atoms. The smallest absolute Gasteiger partial charge is 0.244 e. The Labute approximate surface area is 165 Å². The number of benzene rings is 2. The molecule has 0 aliphatic heterocycles. The topological polar surface area (TPSA) is 84.3 Å². The van der Waals surface area contributed by atoms with Gasteiger partial charge in [0.05, 0.1) is 15.9 Å². The standard InChI is InChI=1S/C20H24N4O3S/c1-13-10-16(28(26,27)23(4)5)11-18(14(13)2)22-20(25)12-24-15(3)21-17-8-6-7-9-19(17)24/h6-11H,12H2,1-5H3,(H,22,25). The molecule has 0 atom stereocenters. The molecule has 8 heteroatoms. The molecule has 1 N–H and O–H groups in total. The van der Waals surface area contributed by atoms with Gasteiger partial charge >= 0.3 is 0 Å². The molecule has 0 aliphatic carbocycles. The normalized spacial score (nSPS) is 11.9. The predicted octanol–water partition coefficient (Wildman–Crippen LogP) is 2.85. The van der Waals surface area contributed by atoms with Gasteiger partial charge in [-0.05, 0) is 56.2 Å². The fraction of sp³-hybridized carbons (Fsp3) is 0.300. The first-order valence-electron chi connectivity index (χ1n) is 8.86. The molecule has 2 aromatic carbocycles. The Bertz CT molecular complexity index is 1160. The lowest BCUT2D eigenvalue weighted by Crippen LogP contribution is -2.23. The first-order valence-corrected chi connectivity index (χ1v) is 10.3. The van der Waals surface area contributed by atoms with E-state index in [9.17, 15) is 13.2 Å². The second-order valence-corrected chi connectivity index (χ2v) is 9.13. The van der Waals surface area contributed by atoms with Crippen molar-refractivity contribution in [2.24, 2.45) is 0 Å². The predicted molar refractivity (Wildman–Crippen MR) is 110 cm³/mol. The van der Waals surface area contributed by atoms with Gasteiger partial charge in [0.15, 0.2) is 0 Å². The number of para-hydroxylation sites is 2. The van der Waals surface area contributed by atoms with Crippen LogP contribution in [0.4, 0.5) is 5.69 Å². The summed E-state index contributed by atoms with van der Waals surface area (Å²) >= 11 is 0. The number of fused-ring (bicyclic) bond motifs is 1. The summed E-state index contributed by atoms with van der Waals surface area (Å²) in [5.41, 5.74) is 3.83. The monoisotopic (exact) mass is 400 g/mol. The van der Waals surface area contributed by atoms with E-state index in [2.05, 4.69) is 10.3 Å². The van der Waals surface area contributed by atoms with Crippen LogP contribution in [0.3, 0.4) is 0 Å². The van der Waals surface area contributed by atoms with E-state index in [4.69, 9.17) is 0 Å². The molecule has 0 saturated heterocycles. The lowest BCUT2D eigenvalue weighted by molar-refractivity contribution is -0.116. The van der Waals surface area contributed by atoms with Gasteiger partial charge in [0.1, 0.15) is 12.4 Å². The lowest BCUT2D eigenvalue weighted by atomic mass is 10.1. The van der Waals surface area contributed by atoms with Crippen molar-refractivity contribution in [3.63, 3.8) is 0 Å². The number of aryl methyl sites for hydroxylation is 2. The van der Waals surface area contributed by atoms with Gasteiger partial charge in [-0.2, -0.15) is 0 Å². The molecule has 1 amide bonds. The molecule has 0 radical (unpaired) electrons. The average Bonchev–Trinajstić information content (AvgIpc) is 2.94. The molecule has 148 valence electrons. The minimum atomic E-state index is -3.59. The zero-order valence-electron chi connectivity index (χ0n) is 16.6. The minimum Gasteiger partial charge on any atom is -0.324 e. The van der Waals surface area contributed by atoms with E-state index in [0.717, 1.165) is 32.3 Å². The summed E-state index contributed by atoms with van der Waals surface area (Å²) in [6, 6.07) is 10.8. The summed E-state index contributed by atoms with van der Waals surface area (Å²) in [5, 5.41) is 2.86. The molecule has 7 nitrogen and oxygen atoms in total. The van der Waals surface area contributed by atoms with Crippen LogP contribution in [0.25, 0.3) is 11.0 Å². The van der Waals surface area contributed by atoms with E-state index in [1.807, 2.05) is 49.6 Å². The van der Waals surface area contributed by atoms with Crippen LogP contribution in [0, 0.1) is 20.8 Å². The fourth-order valence-corrected chi connectivity index (χ4v) is 4.06. The van der Waals surface area contributed by atoms with E-state index in [1.54, 1.807) is 6.07 Å². The van der Waals surface area contributed by atoms with Crippen molar-refractivity contribution < 1.29 is 13.2 Å². The van der Waals surface area contributed by atoms with Crippen LogP contribution in [0.1, 0.15) is 17.0 Å². The van der Waals surface area contributed by atoms with Gasteiger partial charge < -0.3 is 9.88 Å². The van der Waals surface area contributed by atoms with Crippen molar-refractivity contribution in [2.45, 2.75) is 32.2 Å². The largest absolute Gasteiger partial charge is 0.324 e. The third-order valence-corrected chi connectivity index (χ3v) is 6.63. The summed E-state index contributed by atoms with van der Waals surface area (Å²) in [6.07, 6.45) is 0. The highest BCUT2D eigenvalue weighted by Crippen LogP contribution is 2.26. The molecule has 1 heterocycles. The van der Waals surface area contributed by atoms with Crippen molar-refractivity contribution in [3.05, 3.63) is 53.3 Å². The summed E-state index contributed by atoms with van der Waals surface area (Å²) < 4.78 is 28.0. The quantitative estimate of drug-likeness (QED) is 0.714. The number of rotatable bonds is 5. The van der Waals surface area contributed by atoms with Crippen molar-refractivity contribution in [3.8, 4) is 0 Å². The zero-order valence-corrected chi connectivity index (χ0v) is 17.5. The van der Waals surface area contributed by atoms with Crippen molar-refractivity contribution >= 4 is 32.7 Å². The summed E-state index contributed by atoms with van der Waals surface area (Å²) in [4.78, 5) is 17.3. The number of nitrogens with one attached hydrogen (secondary N) is 1. The molecule has 3 rings (SSSR count). The van der Waals surface area contributed by atoms with Gasteiger partial charge in [0.25, 0.3) is 0 Å². The third kappa shape index (κ3) is 3.65. The maximum Gasteiger partial charge on any atom is 0.244 e.